The van der Waals surface area contributed by atoms with Crippen molar-refractivity contribution in [1.82, 2.24) is 0 Å². The molecule has 0 spiro atoms. The van der Waals surface area contributed by atoms with Crippen molar-refractivity contribution in [2.24, 2.45) is 5.92 Å². The first-order chi connectivity index (χ1) is 4.54. The molecule has 2 heteroatoms. The average Bonchev–Trinajstić information content (AvgIpc) is 1.89. The van der Waals surface area contributed by atoms with Gasteiger partial charge in [-0.15, -0.1) is 0 Å². The van der Waals surface area contributed by atoms with E-state index in [2.05, 4.69) is 40.8 Å². The molecule has 0 unspecified atom stereocenters. The van der Waals surface area contributed by atoms with Crippen LogP contribution in [-0.4, -0.2) is 8.80 Å². The van der Waals surface area contributed by atoms with E-state index in [1.165, 1.54) is 6.04 Å². The average molecular weight is 247 g/mol. The molecule has 0 aromatic carbocycles. The van der Waals surface area contributed by atoms with Gasteiger partial charge in [-0.2, -0.15) is 6.42 Å². The molecule has 0 atom stereocenters. The quantitative estimate of drug-likeness (QED) is 0.516. The molecule has 0 aliphatic heterocycles. The zero-order valence-electron chi connectivity index (χ0n) is 8.78. The van der Waals surface area contributed by atoms with E-state index in [9.17, 15) is 0 Å². The maximum absolute atomic E-state index is 3.69. The van der Waals surface area contributed by atoms with Crippen LogP contribution in [-0.2, 0) is 32.7 Å². The Balaban J connectivity index is -0.000000107. The van der Waals surface area contributed by atoms with E-state index >= 15 is 0 Å². The Morgan fingerprint density at radius 2 is 1.45 bits per heavy atom. The van der Waals surface area contributed by atoms with Gasteiger partial charge in [0.25, 0.3) is 0 Å². The summed E-state index contributed by atoms with van der Waals surface area (Å²) >= 11 is 0. The van der Waals surface area contributed by atoms with Crippen molar-refractivity contribution in [3.63, 3.8) is 0 Å². The molecule has 0 aromatic heterocycles. The third-order valence-electron chi connectivity index (χ3n) is 1.28. The van der Waals surface area contributed by atoms with E-state index < -0.39 is 0 Å². The Kier molecular flexibility index (Phi) is 22.9. The Bertz CT molecular complexity index is 45.5. The van der Waals surface area contributed by atoms with Gasteiger partial charge in [0.15, 0.2) is 0 Å². The van der Waals surface area contributed by atoms with Crippen LogP contribution in [0.1, 0.15) is 27.2 Å². The topological polar surface area (TPSA) is 0 Å². The van der Waals surface area contributed by atoms with Crippen LogP contribution < -0.4 is 0 Å². The van der Waals surface area contributed by atoms with Crippen molar-refractivity contribution in [2.45, 2.75) is 46.3 Å². The molecule has 0 aromatic rings. The van der Waals surface area contributed by atoms with E-state index in [-0.39, 0.29) is 41.5 Å². The SMILES string of the molecule is CC[Si](C)C.[CH2-]CC(C)C.[Y]. The summed E-state index contributed by atoms with van der Waals surface area (Å²) < 4.78 is 0. The molecule has 0 amide bonds. The van der Waals surface area contributed by atoms with Gasteiger partial charge in [0.2, 0.25) is 0 Å². The third kappa shape index (κ3) is 34.7. The van der Waals surface area contributed by atoms with Crippen LogP contribution in [0.15, 0.2) is 0 Å². The summed E-state index contributed by atoms with van der Waals surface area (Å²) in [4.78, 5) is 0. The molecule has 0 nitrogen and oxygen atoms in total. The van der Waals surface area contributed by atoms with Gasteiger partial charge in [-0.3, -0.25) is 0 Å². The van der Waals surface area contributed by atoms with Gasteiger partial charge < -0.3 is 6.92 Å². The first-order valence-corrected chi connectivity index (χ1v) is 6.83. The molecule has 0 saturated carbocycles. The smallest absolute Gasteiger partial charge is 0.0410 e. The van der Waals surface area contributed by atoms with Crippen molar-refractivity contribution in [3.05, 3.63) is 6.92 Å². The van der Waals surface area contributed by atoms with Gasteiger partial charge >= 0.3 is 0 Å². The second-order valence-electron chi connectivity index (χ2n) is 3.24. The monoisotopic (exact) mass is 247 g/mol. The molecule has 0 fully saturated rings. The predicted octanol–water partition coefficient (Wildman–Crippen LogP) is 3.62. The first-order valence-electron chi connectivity index (χ1n) is 4.12. The summed E-state index contributed by atoms with van der Waals surface area (Å²) in [6, 6.07) is 1.41. The Morgan fingerprint density at radius 3 is 1.45 bits per heavy atom. The molecule has 0 bridgehead atoms. The molecule has 2 radical (unpaired) electrons. The maximum Gasteiger partial charge on any atom is 0.0410 e. The molecule has 0 N–H and O–H groups in total. The third-order valence-corrected chi connectivity index (χ3v) is 2.70. The summed E-state index contributed by atoms with van der Waals surface area (Å²) in [6.45, 7) is 14.9. The Hall–Kier alpha value is 1.32. The molecule has 0 aliphatic rings. The fourth-order valence-corrected chi connectivity index (χ4v) is 0. The van der Waals surface area contributed by atoms with Crippen molar-refractivity contribution in [2.75, 3.05) is 0 Å². The van der Waals surface area contributed by atoms with Crippen LogP contribution >= 0.6 is 0 Å². The van der Waals surface area contributed by atoms with Crippen LogP contribution in [0.25, 0.3) is 0 Å². The van der Waals surface area contributed by atoms with Crippen LogP contribution in [0.2, 0.25) is 19.1 Å². The van der Waals surface area contributed by atoms with Crippen LogP contribution in [0, 0.1) is 12.8 Å². The molecule has 11 heavy (non-hydrogen) atoms. The normalized spacial score (nSPS) is 8.73. The molecule has 0 heterocycles. The van der Waals surface area contributed by atoms with Crippen molar-refractivity contribution in [3.8, 4) is 0 Å². The minimum atomic E-state index is 0. The van der Waals surface area contributed by atoms with Gasteiger partial charge in [0.05, 0.1) is 0 Å². The van der Waals surface area contributed by atoms with Gasteiger partial charge in [0, 0.05) is 41.5 Å². The van der Waals surface area contributed by atoms with Gasteiger partial charge in [-0.1, -0.05) is 45.8 Å². The molecule has 0 saturated heterocycles. The van der Waals surface area contributed by atoms with Crippen molar-refractivity contribution in [1.29, 1.82) is 0 Å². The minimum absolute atomic E-state index is 0. The number of hydrogen-bond acceptors (Lipinski definition) is 0. The summed E-state index contributed by atoms with van der Waals surface area (Å²) in [5.74, 6) is 0.773. The summed E-state index contributed by atoms with van der Waals surface area (Å²) in [5, 5.41) is 0. The molecular weight excluding hydrogens is 225 g/mol. The van der Waals surface area contributed by atoms with Crippen LogP contribution in [0.3, 0.4) is 0 Å². The molecule has 0 rings (SSSR count). The van der Waals surface area contributed by atoms with E-state index in [1.54, 1.807) is 0 Å². The van der Waals surface area contributed by atoms with Gasteiger partial charge in [-0.25, -0.2) is 0 Å². The van der Waals surface area contributed by atoms with E-state index in [0.29, 0.717) is 0 Å². The Labute approximate surface area is 100 Å². The van der Waals surface area contributed by atoms with Crippen molar-refractivity contribution < 1.29 is 32.7 Å². The standard InChI is InChI=1S/C5H11.C4H11Si.Y/c2*1-4-5(2)3;/h5H,1,4H2,2-3H3;4H2,1-3H3;/q-1;;. The second-order valence-corrected chi connectivity index (χ2v) is 6.36. The summed E-state index contributed by atoms with van der Waals surface area (Å²) in [5.41, 5.74) is 0. The van der Waals surface area contributed by atoms with Crippen LogP contribution in [0.5, 0.6) is 0 Å². The number of hydrogen-bond donors (Lipinski definition) is 0. The predicted molar refractivity (Wildman–Crippen MR) is 52.8 cm³/mol. The van der Waals surface area contributed by atoms with E-state index in [0.717, 1.165) is 12.3 Å². The van der Waals surface area contributed by atoms with E-state index in [1.807, 2.05) is 0 Å². The second kappa shape index (κ2) is 13.9. The molecule has 0 aliphatic carbocycles. The fraction of sp³-hybridized carbons (Fsp3) is 0.889. The zero-order chi connectivity index (χ0) is 8.57. The molecule has 66 valence electrons. The Morgan fingerprint density at radius 1 is 1.27 bits per heavy atom. The van der Waals surface area contributed by atoms with Crippen LogP contribution in [0.4, 0.5) is 0 Å². The van der Waals surface area contributed by atoms with Crippen molar-refractivity contribution >= 4 is 8.80 Å². The first kappa shape index (κ1) is 18.2. The summed E-state index contributed by atoms with van der Waals surface area (Å²) in [6.07, 6.45) is 1.06. The summed E-state index contributed by atoms with van der Waals surface area (Å²) in [7, 11) is 0.126. The largest absolute Gasteiger partial charge is 0.343 e. The van der Waals surface area contributed by atoms with E-state index in [4.69, 9.17) is 0 Å². The fourth-order valence-electron chi connectivity index (χ4n) is 0. The maximum atomic E-state index is 3.69. The zero-order valence-corrected chi connectivity index (χ0v) is 12.6. The molecular formula is C9H22SiY-. The number of rotatable bonds is 2. The van der Waals surface area contributed by atoms with Gasteiger partial charge in [0.1, 0.15) is 0 Å². The van der Waals surface area contributed by atoms with Gasteiger partial charge in [-0.05, 0) is 0 Å². The minimum Gasteiger partial charge on any atom is -0.343 e.